The van der Waals surface area contributed by atoms with Crippen LogP contribution in [-0.4, -0.2) is 54.2 Å². The van der Waals surface area contributed by atoms with Crippen LogP contribution in [0.1, 0.15) is 37.2 Å². The average Bonchev–Trinajstić information content (AvgIpc) is 2.47. The van der Waals surface area contributed by atoms with Gasteiger partial charge in [-0.25, -0.2) is 0 Å². The molecule has 1 heterocycles. The normalized spacial score (nSPS) is 10.7. The maximum atomic E-state index is 11.8. The van der Waals surface area contributed by atoms with Gasteiger partial charge in [-0.05, 0) is 25.0 Å². The number of rotatable bonds is 7. The Balaban J connectivity index is 2.96. The molecule has 0 radical (unpaired) electrons. The fraction of sp³-hybridized carbons (Fsp3) is 0.643. The Morgan fingerprint density at radius 3 is 2.30 bits per heavy atom. The second kappa shape index (κ2) is 7.79. The molecule has 0 aliphatic carbocycles. The number of carbonyl (C=O) groups excluding carboxylic acids is 1. The number of hydrogen-bond acceptors (Lipinski definition) is 5. The predicted octanol–water partition coefficient (Wildman–Crippen LogP) is 1.13. The lowest BCUT2D eigenvalue weighted by atomic mass is 10.1. The van der Waals surface area contributed by atoms with Gasteiger partial charge in [0.2, 0.25) is 0 Å². The first-order valence-corrected chi connectivity index (χ1v) is 7.07. The molecule has 0 aliphatic rings. The van der Waals surface area contributed by atoms with E-state index < -0.39 is 0 Å². The lowest BCUT2D eigenvalue weighted by Gasteiger charge is -2.30. The van der Waals surface area contributed by atoms with Crippen molar-refractivity contribution in [3.63, 3.8) is 0 Å². The highest BCUT2D eigenvalue weighted by atomic mass is 16.2. The van der Waals surface area contributed by atoms with Crippen LogP contribution in [0.2, 0.25) is 0 Å². The van der Waals surface area contributed by atoms with Crippen LogP contribution in [0.4, 0.5) is 5.82 Å². The van der Waals surface area contributed by atoms with E-state index in [1.54, 1.807) is 20.2 Å². The molecular formula is C14H25N5O. The Morgan fingerprint density at radius 2 is 1.90 bits per heavy atom. The number of amides is 1. The average molecular weight is 279 g/mol. The molecule has 0 fully saturated rings. The van der Waals surface area contributed by atoms with E-state index in [4.69, 9.17) is 5.73 Å². The zero-order chi connectivity index (χ0) is 15.1. The zero-order valence-electron chi connectivity index (χ0n) is 12.8. The molecule has 112 valence electrons. The first-order chi connectivity index (χ1) is 9.54. The molecule has 6 heteroatoms. The highest BCUT2D eigenvalue weighted by Crippen LogP contribution is 2.17. The van der Waals surface area contributed by atoms with E-state index in [-0.39, 0.29) is 5.91 Å². The van der Waals surface area contributed by atoms with Gasteiger partial charge in [0.05, 0.1) is 0 Å². The minimum atomic E-state index is -0.142. The van der Waals surface area contributed by atoms with Crippen molar-refractivity contribution in [3.05, 3.63) is 17.8 Å². The maximum absolute atomic E-state index is 11.8. The van der Waals surface area contributed by atoms with Crippen molar-refractivity contribution >= 4 is 11.7 Å². The van der Waals surface area contributed by atoms with Gasteiger partial charge in [0.1, 0.15) is 0 Å². The van der Waals surface area contributed by atoms with Crippen molar-refractivity contribution in [1.29, 1.82) is 0 Å². The number of anilines is 1. The first-order valence-electron chi connectivity index (χ1n) is 7.07. The standard InChI is InChI=1S/C14H25N5O/c1-5-11(6-2)19(10-9-15)13-8-7-12(16-17-13)14(20)18(3)4/h7-8,11H,5-6,9-10,15H2,1-4H3. The highest BCUT2D eigenvalue weighted by Gasteiger charge is 2.18. The van der Waals surface area contributed by atoms with E-state index >= 15 is 0 Å². The number of nitrogens with two attached hydrogens (primary N) is 1. The smallest absolute Gasteiger partial charge is 0.273 e. The molecule has 1 aromatic heterocycles. The molecule has 2 N–H and O–H groups in total. The lowest BCUT2D eigenvalue weighted by Crippen LogP contribution is -2.39. The predicted molar refractivity (Wildman–Crippen MR) is 80.8 cm³/mol. The molecule has 0 aliphatic heterocycles. The Morgan fingerprint density at radius 1 is 1.25 bits per heavy atom. The molecule has 0 aromatic carbocycles. The van der Waals surface area contributed by atoms with E-state index in [1.165, 1.54) is 4.90 Å². The molecule has 20 heavy (non-hydrogen) atoms. The Hall–Kier alpha value is -1.69. The first kappa shape index (κ1) is 16.4. The molecule has 0 spiro atoms. The Labute approximate surface area is 121 Å². The largest absolute Gasteiger partial charge is 0.351 e. The van der Waals surface area contributed by atoms with Crippen molar-refractivity contribution in [2.75, 3.05) is 32.1 Å². The topological polar surface area (TPSA) is 75.3 Å². The van der Waals surface area contributed by atoms with Crippen molar-refractivity contribution in [2.24, 2.45) is 5.73 Å². The molecule has 1 aromatic rings. The van der Waals surface area contributed by atoms with Gasteiger partial charge in [-0.1, -0.05) is 13.8 Å². The summed E-state index contributed by atoms with van der Waals surface area (Å²) in [6, 6.07) is 3.96. The van der Waals surface area contributed by atoms with Crippen molar-refractivity contribution in [1.82, 2.24) is 15.1 Å². The Bertz CT molecular complexity index is 414. The van der Waals surface area contributed by atoms with Crippen molar-refractivity contribution in [2.45, 2.75) is 32.7 Å². The maximum Gasteiger partial charge on any atom is 0.273 e. The molecule has 0 saturated carbocycles. The van der Waals surface area contributed by atoms with Gasteiger partial charge in [-0.3, -0.25) is 4.79 Å². The van der Waals surface area contributed by atoms with Crippen molar-refractivity contribution < 1.29 is 4.79 Å². The SMILES string of the molecule is CCC(CC)N(CCN)c1ccc(C(=O)N(C)C)nn1. The van der Waals surface area contributed by atoms with Gasteiger partial charge < -0.3 is 15.5 Å². The summed E-state index contributed by atoms with van der Waals surface area (Å²) in [6.45, 7) is 5.60. The van der Waals surface area contributed by atoms with E-state index in [0.717, 1.165) is 25.2 Å². The van der Waals surface area contributed by atoms with Crippen molar-refractivity contribution in [3.8, 4) is 0 Å². The summed E-state index contributed by atoms with van der Waals surface area (Å²) in [6.07, 6.45) is 2.05. The van der Waals surface area contributed by atoms with Crippen LogP contribution >= 0.6 is 0 Å². The monoisotopic (exact) mass is 279 g/mol. The number of aromatic nitrogens is 2. The van der Waals surface area contributed by atoms with E-state index in [0.29, 0.717) is 18.3 Å². The highest BCUT2D eigenvalue weighted by molar-refractivity contribution is 5.91. The third-order valence-electron chi connectivity index (χ3n) is 3.32. The summed E-state index contributed by atoms with van der Waals surface area (Å²) in [7, 11) is 3.39. The number of nitrogens with zero attached hydrogens (tertiary/aromatic N) is 4. The fourth-order valence-corrected chi connectivity index (χ4v) is 2.17. The van der Waals surface area contributed by atoms with Gasteiger partial charge in [0.15, 0.2) is 11.5 Å². The molecule has 0 saturated heterocycles. The lowest BCUT2D eigenvalue weighted by molar-refractivity contribution is 0.0821. The third-order valence-corrected chi connectivity index (χ3v) is 3.32. The number of carbonyl (C=O) groups is 1. The molecule has 0 atom stereocenters. The summed E-state index contributed by atoms with van der Waals surface area (Å²) in [4.78, 5) is 15.4. The van der Waals surface area contributed by atoms with Gasteiger partial charge in [0.25, 0.3) is 5.91 Å². The molecule has 0 unspecified atom stereocenters. The van der Waals surface area contributed by atoms with E-state index in [9.17, 15) is 4.79 Å². The van der Waals surface area contributed by atoms with Gasteiger partial charge in [-0.15, -0.1) is 10.2 Å². The molecule has 6 nitrogen and oxygen atoms in total. The summed E-state index contributed by atoms with van der Waals surface area (Å²) in [5.41, 5.74) is 6.04. The second-order valence-electron chi connectivity index (χ2n) is 4.93. The van der Waals surface area contributed by atoms with Crippen LogP contribution < -0.4 is 10.6 Å². The van der Waals surface area contributed by atoms with Crippen LogP contribution in [0.25, 0.3) is 0 Å². The summed E-state index contributed by atoms with van der Waals surface area (Å²) >= 11 is 0. The summed E-state index contributed by atoms with van der Waals surface area (Å²) in [5.74, 6) is 0.636. The van der Waals surface area contributed by atoms with Gasteiger partial charge >= 0.3 is 0 Å². The Kier molecular flexibility index (Phi) is 6.38. The van der Waals surface area contributed by atoms with Gasteiger partial charge in [-0.2, -0.15) is 0 Å². The van der Waals surface area contributed by atoms with E-state index in [1.807, 2.05) is 6.07 Å². The number of hydrogen-bond donors (Lipinski definition) is 1. The second-order valence-corrected chi connectivity index (χ2v) is 4.93. The molecule has 1 rings (SSSR count). The minimum absolute atomic E-state index is 0.142. The van der Waals surface area contributed by atoms with E-state index in [2.05, 4.69) is 28.9 Å². The van der Waals surface area contributed by atoms with Crippen LogP contribution in [0, 0.1) is 0 Å². The zero-order valence-corrected chi connectivity index (χ0v) is 12.8. The van der Waals surface area contributed by atoms with Crippen LogP contribution in [0.5, 0.6) is 0 Å². The third kappa shape index (κ3) is 3.90. The molecule has 1 amide bonds. The molecule has 0 bridgehead atoms. The minimum Gasteiger partial charge on any atom is -0.351 e. The van der Waals surface area contributed by atoms with Crippen LogP contribution in [-0.2, 0) is 0 Å². The summed E-state index contributed by atoms with van der Waals surface area (Å²) < 4.78 is 0. The fourth-order valence-electron chi connectivity index (χ4n) is 2.17. The van der Waals surface area contributed by atoms with Crippen LogP contribution in [0.15, 0.2) is 12.1 Å². The van der Waals surface area contributed by atoms with Crippen LogP contribution in [0.3, 0.4) is 0 Å². The quantitative estimate of drug-likeness (QED) is 0.810. The van der Waals surface area contributed by atoms with Gasteiger partial charge in [0, 0.05) is 33.2 Å². The summed E-state index contributed by atoms with van der Waals surface area (Å²) in [5, 5.41) is 8.22. The molecular weight excluding hydrogens is 254 g/mol.